The Morgan fingerprint density at radius 3 is 2.17 bits per heavy atom. The van der Waals surface area contributed by atoms with Gasteiger partial charge in [-0.05, 0) is 44.0 Å². The highest BCUT2D eigenvalue weighted by atomic mass is 19.1. The van der Waals surface area contributed by atoms with Crippen molar-refractivity contribution in [2.75, 3.05) is 0 Å². The van der Waals surface area contributed by atoms with E-state index in [1.807, 2.05) is 32.0 Å². The summed E-state index contributed by atoms with van der Waals surface area (Å²) in [7, 11) is 0. The molecule has 0 amide bonds. The summed E-state index contributed by atoms with van der Waals surface area (Å²) in [6.07, 6.45) is 0. The first-order valence-electron chi connectivity index (χ1n) is 7.99. The second-order valence-corrected chi connectivity index (χ2v) is 6.06. The van der Waals surface area contributed by atoms with Crippen molar-refractivity contribution in [2.45, 2.75) is 27.3 Å². The van der Waals surface area contributed by atoms with Gasteiger partial charge >= 0.3 is 0 Å². The molecule has 0 atom stereocenters. The molecule has 0 N–H and O–H groups in total. The van der Waals surface area contributed by atoms with Gasteiger partial charge in [0.1, 0.15) is 5.82 Å². The van der Waals surface area contributed by atoms with Crippen LogP contribution in [0.5, 0.6) is 0 Å². The molecule has 0 radical (unpaired) electrons. The molecule has 1 aromatic heterocycles. The molecular weight excluding hydrogens is 301 g/mol. The number of aromatic nitrogens is 1. The van der Waals surface area contributed by atoms with Crippen LogP contribution in [0.15, 0.2) is 54.6 Å². The number of Topliss-reactive ketones (excluding diaryl/α,β-unsaturated/α-hetero) is 1. The van der Waals surface area contributed by atoms with Crippen LogP contribution < -0.4 is 0 Å². The molecule has 0 aliphatic heterocycles. The molecule has 2 nitrogen and oxygen atoms in total. The summed E-state index contributed by atoms with van der Waals surface area (Å²) in [6.45, 7) is 6.28. The van der Waals surface area contributed by atoms with Gasteiger partial charge in [-0.25, -0.2) is 4.39 Å². The van der Waals surface area contributed by atoms with E-state index >= 15 is 0 Å². The van der Waals surface area contributed by atoms with Crippen molar-refractivity contribution in [3.05, 3.63) is 82.9 Å². The number of hydrogen-bond donors (Lipinski definition) is 0. The molecular formula is C21H20FNO. The Balaban J connectivity index is 2.16. The van der Waals surface area contributed by atoms with Crippen LogP contribution in [0, 0.1) is 19.7 Å². The van der Waals surface area contributed by atoms with E-state index in [0.29, 0.717) is 6.54 Å². The SMILES string of the molecule is CC(=O)c1c(-c2ccc(F)cc2)c(C)n(Cc2ccccc2)c1C. The molecule has 0 saturated carbocycles. The maximum absolute atomic E-state index is 13.3. The van der Waals surface area contributed by atoms with Crippen LogP contribution in [0.3, 0.4) is 0 Å². The zero-order valence-corrected chi connectivity index (χ0v) is 14.1. The van der Waals surface area contributed by atoms with Gasteiger partial charge in [0, 0.05) is 29.1 Å². The average Bonchev–Trinajstić information content (AvgIpc) is 2.81. The molecule has 3 heteroatoms. The van der Waals surface area contributed by atoms with Gasteiger partial charge in [0.25, 0.3) is 0 Å². The fourth-order valence-corrected chi connectivity index (χ4v) is 3.29. The van der Waals surface area contributed by atoms with Crippen LogP contribution in [-0.4, -0.2) is 10.4 Å². The summed E-state index contributed by atoms with van der Waals surface area (Å²) >= 11 is 0. The molecule has 24 heavy (non-hydrogen) atoms. The second kappa shape index (κ2) is 6.44. The minimum atomic E-state index is -0.277. The highest BCUT2D eigenvalue weighted by Crippen LogP contribution is 2.33. The summed E-state index contributed by atoms with van der Waals surface area (Å²) in [4.78, 5) is 12.3. The van der Waals surface area contributed by atoms with Crippen LogP contribution >= 0.6 is 0 Å². The number of nitrogens with zero attached hydrogens (tertiary/aromatic N) is 1. The Bertz CT molecular complexity index is 876. The van der Waals surface area contributed by atoms with Crippen molar-refractivity contribution in [3.63, 3.8) is 0 Å². The zero-order chi connectivity index (χ0) is 17.3. The fourth-order valence-electron chi connectivity index (χ4n) is 3.29. The third kappa shape index (κ3) is 2.90. The van der Waals surface area contributed by atoms with Crippen LogP contribution in [-0.2, 0) is 6.54 Å². The predicted octanol–water partition coefficient (Wildman–Crippen LogP) is 5.16. The molecule has 0 bridgehead atoms. The molecule has 122 valence electrons. The first-order valence-corrected chi connectivity index (χ1v) is 7.99. The lowest BCUT2D eigenvalue weighted by Gasteiger charge is -2.10. The molecule has 0 spiro atoms. The lowest BCUT2D eigenvalue weighted by molar-refractivity contribution is 0.101. The van der Waals surface area contributed by atoms with E-state index in [9.17, 15) is 9.18 Å². The Morgan fingerprint density at radius 2 is 1.58 bits per heavy atom. The number of carbonyl (C=O) groups is 1. The molecule has 1 heterocycles. The monoisotopic (exact) mass is 321 g/mol. The third-order valence-electron chi connectivity index (χ3n) is 4.45. The topological polar surface area (TPSA) is 22.0 Å². The second-order valence-electron chi connectivity index (χ2n) is 6.06. The van der Waals surface area contributed by atoms with E-state index in [0.717, 1.165) is 28.1 Å². The summed E-state index contributed by atoms with van der Waals surface area (Å²) in [5, 5.41) is 0. The van der Waals surface area contributed by atoms with Crippen LogP contribution in [0.2, 0.25) is 0 Å². The van der Waals surface area contributed by atoms with Crippen LogP contribution in [0.4, 0.5) is 4.39 Å². The maximum Gasteiger partial charge on any atom is 0.162 e. The van der Waals surface area contributed by atoms with Crippen molar-refractivity contribution in [1.82, 2.24) is 4.57 Å². The molecule has 0 aliphatic carbocycles. The van der Waals surface area contributed by atoms with E-state index < -0.39 is 0 Å². The van der Waals surface area contributed by atoms with E-state index in [1.165, 1.54) is 17.7 Å². The Morgan fingerprint density at radius 1 is 0.958 bits per heavy atom. The minimum absolute atomic E-state index is 0.0294. The normalized spacial score (nSPS) is 10.8. The lowest BCUT2D eigenvalue weighted by atomic mass is 9.98. The van der Waals surface area contributed by atoms with E-state index in [1.54, 1.807) is 19.1 Å². The van der Waals surface area contributed by atoms with Crippen LogP contribution in [0.1, 0.15) is 34.2 Å². The van der Waals surface area contributed by atoms with Gasteiger partial charge in [0.2, 0.25) is 0 Å². The van der Waals surface area contributed by atoms with Gasteiger partial charge < -0.3 is 4.57 Å². The quantitative estimate of drug-likeness (QED) is 0.608. The zero-order valence-electron chi connectivity index (χ0n) is 14.1. The average molecular weight is 321 g/mol. The van der Waals surface area contributed by atoms with Crippen molar-refractivity contribution in [2.24, 2.45) is 0 Å². The highest BCUT2D eigenvalue weighted by molar-refractivity contribution is 6.03. The highest BCUT2D eigenvalue weighted by Gasteiger charge is 2.21. The molecule has 0 fully saturated rings. The van der Waals surface area contributed by atoms with Crippen molar-refractivity contribution >= 4 is 5.78 Å². The number of hydrogen-bond acceptors (Lipinski definition) is 1. The smallest absolute Gasteiger partial charge is 0.162 e. The predicted molar refractivity (Wildman–Crippen MR) is 94.8 cm³/mol. The Kier molecular flexibility index (Phi) is 4.34. The van der Waals surface area contributed by atoms with Crippen molar-refractivity contribution in [3.8, 4) is 11.1 Å². The Hall–Kier alpha value is -2.68. The van der Waals surface area contributed by atoms with Gasteiger partial charge in [-0.3, -0.25) is 4.79 Å². The first-order chi connectivity index (χ1) is 11.5. The molecule has 3 aromatic rings. The van der Waals surface area contributed by atoms with E-state index in [-0.39, 0.29) is 11.6 Å². The van der Waals surface area contributed by atoms with Gasteiger partial charge in [-0.15, -0.1) is 0 Å². The Labute approximate surface area is 141 Å². The lowest BCUT2D eigenvalue weighted by Crippen LogP contribution is -2.05. The fraction of sp³-hybridized carbons (Fsp3) is 0.190. The molecule has 0 unspecified atom stereocenters. The minimum Gasteiger partial charge on any atom is -0.343 e. The summed E-state index contributed by atoms with van der Waals surface area (Å²) in [5.74, 6) is -0.247. The summed E-state index contributed by atoms with van der Waals surface area (Å²) < 4.78 is 15.4. The van der Waals surface area contributed by atoms with Crippen LogP contribution in [0.25, 0.3) is 11.1 Å². The molecule has 0 aliphatic rings. The van der Waals surface area contributed by atoms with Crippen molar-refractivity contribution < 1.29 is 9.18 Å². The largest absolute Gasteiger partial charge is 0.343 e. The summed E-state index contributed by atoms with van der Waals surface area (Å²) in [6, 6.07) is 16.5. The van der Waals surface area contributed by atoms with Crippen molar-refractivity contribution in [1.29, 1.82) is 0 Å². The number of carbonyl (C=O) groups excluding carboxylic acids is 1. The van der Waals surface area contributed by atoms with Gasteiger partial charge in [0.15, 0.2) is 5.78 Å². The number of benzene rings is 2. The number of rotatable bonds is 4. The van der Waals surface area contributed by atoms with Gasteiger partial charge in [-0.2, -0.15) is 0 Å². The maximum atomic E-state index is 13.3. The molecule has 3 rings (SSSR count). The number of ketones is 1. The molecule has 0 saturated heterocycles. The number of halogens is 1. The van der Waals surface area contributed by atoms with Gasteiger partial charge in [0.05, 0.1) is 0 Å². The van der Waals surface area contributed by atoms with E-state index in [2.05, 4.69) is 16.7 Å². The first kappa shape index (κ1) is 16.2. The molecule has 2 aromatic carbocycles. The third-order valence-corrected chi connectivity index (χ3v) is 4.45. The standard InChI is InChI=1S/C21H20FNO/c1-14-20(16(3)24)21(18-9-11-19(22)12-10-18)15(2)23(14)13-17-7-5-4-6-8-17/h4-12H,13H2,1-3H3. The van der Waals surface area contributed by atoms with E-state index in [4.69, 9.17) is 0 Å². The summed E-state index contributed by atoms with van der Waals surface area (Å²) in [5.41, 5.74) is 5.63. The van der Waals surface area contributed by atoms with Gasteiger partial charge in [-0.1, -0.05) is 42.5 Å².